The molecule has 1 amide bonds. The molecule has 0 bridgehead atoms. The van der Waals surface area contributed by atoms with Crippen LogP contribution < -0.4 is 0 Å². The van der Waals surface area contributed by atoms with Crippen LogP contribution in [0.1, 0.15) is 10.4 Å². The normalized spacial score (nSPS) is 18.7. The average molecular weight is 288 g/mol. The number of hydrogen-bond donors (Lipinski definition) is 1. The summed E-state index contributed by atoms with van der Waals surface area (Å²) in [7, 11) is 1.31. The van der Waals surface area contributed by atoms with E-state index in [9.17, 15) is 9.59 Å². The molecule has 0 spiro atoms. The zero-order chi connectivity index (χ0) is 14.8. The Bertz CT molecular complexity index is 679. The third-order valence-corrected chi connectivity index (χ3v) is 3.62. The van der Waals surface area contributed by atoms with E-state index >= 15 is 0 Å². The fourth-order valence-electron chi connectivity index (χ4n) is 2.47. The molecule has 1 fully saturated rings. The van der Waals surface area contributed by atoms with Gasteiger partial charge in [0.05, 0.1) is 20.3 Å². The zero-order valence-corrected chi connectivity index (χ0v) is 11.7. The Morgan fingerprint density at radius 2 is 2.24 bits per heavy atom. The predicted molar refractivity (Wildman–Crippen MR) is 76.0 cm³/mol. The second-order valence-corrected chi connectivity index (χ2v) is 4.91. The van der Waals surface area contributed by atoms with Gasteiger partial charge in [0, 0.05) is 23.8 Å². The van der Waals surface area contributed by atoms with Crippen molar-refractivity contribution in [1.82, 2.24) is 9.88 Å². The van der Waals surface area contributed by atoms with Crippen molar-refractivity contribution in [3.8, 4) is 0 Å². The van der Waals surface area contributed by atoms with Gasteiger partial charge in [0.15, 0.2) is 6.10 Å². The molecule has 0 radical (unpaired) electrons. The van der Waals surface area contributed by atoms with Gasteiger partial charge in [-0.15, -0.1) is 0 Å². The molecule has 1 unspecified atom stereocenters. The largest absolute Gasteiger partial charge is 0.467 e. The number of morpholine rings is 1. The van der Waals surface area contributed by atoms with E-state index in [1.807, 2.05) is 24.4 Å². The van der Waals surface area contributed by atoms with Crippen LogP contribution in [-0.2, 0) is 14.3 Å². The Kier molecular flexibility index (Phi) is 3.62. The molecule has 6 nitrogen and oxygen atoms in total. The van der Waals surface area contributed by atoms with E-state index < -0.39 is 12.1 Å². The first-order chi connectivity index (χ1) is 10.2. The molecule has 110 valence electrons. The van der Waals surface area contributed by atoms with Crippen LogP contribution in [-0.4, -0.2) is 54.7 Å². The lowest BCUT2D eigenvalue weighted by molar-refractivity contribution is -0.158. The predicted octanol–water partition coefficient (Wildman–Crippen LogP) is 1.18. The molecular weight excluding hydrogens is 272 g/mol. The lowest BCUT2D eigenvalue weighted by Gasteiger charge is -2.31. The van der Waals surface area contributed by atoms with Gasteiger partial charge in [-0.2, -0.15) is 0 Å². The van der Waals surface area contributed by atoms with E-state index in [0.717, 1.165) is 10.9 Å². The first-order valence-corrected chi connectivity index (χ1v) is 6.75. The summed E-state index contributed by atoms with van der Waals surface area (Å²) in [6, 6.07) is 7.46. The third-order valence-electron chi connectivity index (χ3n) is 3.62. The number of H-pyrrole nitrogens is 1. The second kappa shape index (κ2) is 5.57. The zero-order valence-electron chi connectivity index (χ0n) is 11.7. The maximum atomic E-state index is 12.5. The van der Waals surface area contributed by atoms with Crippen molar-refractivity contribution in [2.75, 3.05) is 26.8 Å². The van der Waals surface area contributed by atoms with Gasteiger partial charge in [-0.05, 0) is 23.6 Å². The molecule has 1 N–H and O–H groups in total. The molecule has 1 aromatic heterocycles. The highest BCUT2D eigenvalue weighted by molar-refractivity contribution is 5.98. The first-order valence-electron chi connectivity index (χ1n) is 6.75. The number of carbonyl (C=O) groups is 2. The molecule has 1 atom stereocenters. The first kappa shape index (κ1) is 13.6. The Morgan fingerprint density at radius 3 is 3.05 bits per heavy atom. The molecule has 1 saturated heterocycles. The van der Waals surface area contributed by atoms with Crippen LogP contribution in [0.15, 0.2) is 30.5 Å². The molecule has 1 aromatic carbocycles. The topological polar surface area (TPSA) is 71.6 Å². The van der Waals surface area contributed by atoms with Crippen molar-refractivity contribution in [3.05, 3.63) is 36.0 Å². The van der Waals surface area contributed by atoms with E-state index in [1.54, 1.807) is 11.0 Å². The number of methoxy groups -OCH3 is 1. The summed E-state index contributed by atoms with van der Waals surface area (Å²) >= 11 is 0. The molecule has 21 heavy (non-hydrogen) atoms. The summed E-state index contributed by atoms with van der Waals surface area (Å²) < 4.78 is 9.99. The van der Waals surface area contributed by atoms with E-state index in [1.165, 1.54) is 7.11 Å². The summed E-state index contributed by atoms with van der Waals surface area (Å²) in [6.07, 6.45) is 1.13. The number of benzene rings is 1. The minimum atomic E-state index is -0.707. The van der Waals surface area contributed by atoms with Crippen molar-refractivity contribution < 1.29 is 19.1 Å². The van der Waals surface area contributed by atoms with Crippen molar-refractivity contribution in [3.63, 3.8) is 0 Å². The quantitative estimate of drug-likeness (QED) is 0.842. The minimum Gasteiger partial charge on any atom is -0.467 e. The van der Waals surface area contributed by atoms with Crippen molar-refractivity contribution >= 4 is 22.8 Å². The number of esters is 1. The van der Waals surface area contributed by atoms with Crippen LogP contribution in [0.4, 0.5) is 0 Å². The number of amides is 1. The highest BCUT2D eigenvalue weighted by atomic mass is 16.6. The van der Waals surface area contributed by atoms with Crippen LogP contribution in [0.2, 0.25) is 0 Å². The van der Waals surface area contributed by atoms with Gasteiger partial charge in [-0.25, -0.2) is 4.79 Å². The van der Waals surface area contributed by atoms with Crippen molar-refractivity contribution in [1.29, 1.82) is 0 Å². The fraction of sp³-hybridized carbons (Fsp3) is 0.333. The summed E-state index contributed by atoms with van der Waals surface area (Å²) in [5.74, 6) is -0.559. The lowest BCUT2D eigenvalue weighted by atomic mass is 10.1. The highest BCUT2D eigenvalue weighted by Gasteiger charge is 2.30. The van der Waals surface area contributed by atoms with E-state index in [4.69, 9.17) is 4.74 Å². The number of hydrogen-bond acceptors (Lipinski definition) is 4. The Labute approximate surface area is 121 Å². The number of rotatable bonds is 2. The maximum Gasteiger partial charge on any atom is 0.336 e. The van der Waals surface area contributed by atoms with Gasteiger partial charge >= 0.3 is 5.97 Å². The number of aromatic amines is 1. The molecule has 3 rings (SSSR count). The molecule has 1 aliphatic heterocycles. The molecule has 6 heteroatoms. The number of nitrogens with one attached hydrogen (secondary N) is 1. The van der Waals surface area contributed by atoms with Crippen LogP contribution in [0.5, 0.6) is 0 Å². The monoisotopic (exact) mass is 288 g/mol. The Hall–Kier alpha value is -2.34. The number of carbonyl (C=O) groups excluding carboxylic acids is 2. The lowest BCUT2D eigenvalue weighted by Crippen LogP contribution is -2.48. The van der Waals surface area contributed by atoms with Gasteiger partial charge in [0.25, 0.3) is 5.91 Å². The smallest absolute Gasteiger partial charge is 0.336 e. The molecule has 2 heterocycles. The summed E-state index contributed by atoms with van der Waals surface area (Å²) in [6.45, 7) is 1.01. The average Bonchev–Trinajstić information content (AvgIpc) is 3.01. The third kappa shape index (κ3) is 2.62. The van der Waals surface area contributed by atoms with Gasteiger partial charge in [-0.1, -0.05) is 6.07 Å². The van der Waals surface area contributed by atoms with Crippen LogP contribution in [0.3, 0.4) is 0 Å². The fourth-order valence-corrected chi connectivity index (χ4v) is 2.47. The second-order valence-electron chi connectivity index (χ2n) is 4.91. The highest BCUT2D eigenvalue weighted by Crippen LogP contribution is 2.17. The maximum absolute atomic E-state index is 12.5. The van der Waals surface area contributed by atoms with E-state index in [2.05, 4.69) is 9.72 Å². The Morgan fingerprint density at radius 1 is 1.38 bits per heavy atom. The standard InChI is InChI=1S/C15H16N2O4/c1-20-15(19)13-9-17(6-7-21-13)14(18)11-3-2-10-4-5-16-12(10)8-11/h2-5,8,13,16H,6-7,9H2,1H3. The number of nitrogens with zero attached hydrogens (tertiary/aromatic N) is 1. The van der Waals surface area contributed by atoms with Crippen LogP contribution in [0, 0.1) is 0 Å². The van der Waals surface area contributed by atoms with Crippen LogP contribution >= 0.6 is 0 Å². The van der Waals surface area contributed by atoms with Gasteiger partial charge in [0.2, 0.25) is 0 Å². The number of fused-ring (bicyclic) bond motifs is 1. The van der Waals surface area contributed by atoms with E-state index in [-0.39, 0.29) is 12.5 Å². The van der Waals surface area contributed by atoms with Gasteiger partial charge < -0.3 is 19.4 Å². The van der Waals surface area contributed by atoms with Gasteiger partial charge in [0.1, 0.15) is 0 Å². The van der Waals surface area contributed by atoms with E-state index in [0.29, 0.717) is 18.7 Å². The molecule has 2 aromatic rings. The van der Waals surface area contributed by atoms with Crippen molar-refractivity contribution in [2.45, 2.75) is 6.10 Å². The molecule has 0 saturated carbocycles. The number of aromatic nitrogens is 1. The van der Waals surface area contributed by atoms with Gasteiger partial charge in [-0.3, -0.25) is 4.79 Å². The molecule has 1 aliphatic rings. The van der Waals surface area contributed by atoms with Crippen LogP contribution in [0.25, 0.3) is 10.9 Å². The SMILES string of the molecule is COC(=O)C1CN(C(=O)c2ccc3cc[nH]c3c2)CCO1. The van der Waals surface area contributed by atoms with Crippen molar-refractivity contribution in [2.24, 2.45) is 0 Å². The molecular formula is C15H16N2O4. The minimum absolute atomic E-state index is 0.108. The molecule has 0 aliphatic carbocycles. The Balaban J connectivity index is 1.78. The number of ether oxygens (including phenoxy) is 2. The summed E-state index contributed by atoms with van der Waals surface area (Å²) in [5.41, 5.74) is 1.51. The summed E-state index contributed by atoms with van der Waals surface area (Å²) in [5, 5.41) is 1.06. The summed E-state index contributed by atoms with van der Waals surface area (Å²) in [4.78, 5) is 28.8.